The van der Waals surface area contributed by atoms with Crippen molar-refractivity contribution in [2.45, 2.75) is 26.2 Å². The van der Waals surface area contributed by atoms with Crippen molar-refractivity contribution in [3.8, 4) is 0 Å². The number of rotatable bonds is 2. The summed E-state index contributed by atoms with van der Waals surface area (Å²) in [5, 5.41) is 9.82. The molecule has 18 heavy (non-hydrogen) atoms. The summed E-state index contributed by atoms with van der Waals surface area (Å²) in [6.07, 6.45) is 1.75. The highest BCUT2D eigenvalue weighted by Gasteiger charge is 2.33. The molecule has 0 aromatic rings. The second kappa shape index (κ2) is 5.20. The Morgan fingerprint density at radius 3 is 2.72 bits per heavy atom. The Labute approximate surface area is 105 Å². The SMILES string of the molecule is CCOC(=O)C1=C(O)CC(=O)N=C1N1CCCC1. The predicted molar refractivity (Wildman–Crippen MR) is 64.2 cm³/mol. The molecule has 0 saturated carbocycles. The summed E-state index contributed by atoms with van der Waals surface area (Å²) < 4.78 is 4.90. The second-order valence-corrected chi connectivity index (χ2v) is 4.24. The number of aliphatic hydroxyl groups is 1. The lowest BCUT2D eigenvalue weighted by molar-refractivity contribution is -0.138. The minimum Gasteiger partial charge on any atom is -0.511 e. The van der Waals surface area contributed by atoms with E-state index in [1.54, 1.807) is 6.92 Å². The molecule has 1 N–H and O–H groups in total. The van der Waals surface area contributed by atoms with E-state index in [-0.39, 0.29) is 30.2 Å². The summed E-state index contributed by atoms with van der Waals surface area (Å²) in [4.78, 5) is 29.0. The molecule has 1 amide bonds. The van der Waals surface area contributed by atoms with Gasteiger partial charge in [0.05, 0.1) is 13.0 Å². The summed E-state index contributed by atoms with van der Waals surface area (Å²) >= 11 is 0. The molecule has 98 valence electrons. The molecule has 2 aliphatic heterocycles. The molecule has 2 rings (SSSR count). The van der Waals surface area contributed by atoms with Crippen molar-refractivity contribution in [3.05, 3.63) is 11.3 Å². The van der Waals surface area contributed by atoms with Gasteiger partial charge in [-0.25, -0.2) is 4.79 Å². The molecule has 2 aliphatic rings. The highest BCUT2D eigenvalue weighted by Crippen LogP contribution is 2.22. The standard InChI is InChI=1S/C12H16N2O4/c1-2-18-12(17)10-8(15)7-9(16)13-11(10)14-5-3-4-6-14/h15H,2-7H2,1H3. The van der Waals surface area contributed by atoms with E-state index in [1.165, 1.54) is 0 Å². The summed E-state index contributed by atoms with van der Waals surface area (Å²) in [5.74, 6) is -1.02. The van der Waals surface area contributed by atoms with E-state index < -0.39 is 11.9 Å². The Morgan fingerprint density at radius 1 is 1.44 bits per heavy atom. The predicted octanol–water partition coefficient (Wildman–Crippen LogP) is 0.786. The van der Waals surface area contributed by atoms with Crippen LogP contribution in [-0.2, 0) is 14.3 Å². The number of amidine groups is 1. The fraction of sp³-hybridized carbons (Fsp3) is 0.583. The molecular weight excluding hydrogens is 236 g/mol. The third-order valence-electron chi connectivity index (χ3n) is 2.95. The van der Waals surface area contributed by atoms with E-state index in [0.717, 1.165) is 25.9 Å². The van der Waals surface area contributed by atoms with Crippen LogP contribution < -0.4 is 0 Å². The van der Waals surface area contributed by atoms with Gasteiger partial charge in [0.25, 0.3) is 5.91 Å². The van der Waals surface area contributed by atoms with Gasteiger partial charge in [-0.2, -0.15) is 4.99 Å². The fourth-order valence-electron chi connectivity index (χ4n) is 2.14. The summed E-state index contributed by atoms with van der Waals surface area (Å²) in [5.41, 5.74) is 0.0401. The van der Waals surface area contributed by atoms with Crippen molar-refractivity contribution in [1.82, 2.24) is 4.90 Å². The number of likely N-dealkylation sites (tertiary alicyclic amines) is 1. The molecule has 2 heterocycles. The van der Waals surface area contributed by atoms with Crippen molar-refractivity contribution in [3.63, 3.8) is 0 Å². The molecule has 6 nitrogen and oxygen atoms in total. The molecule has 0 aromatic carbocycles. The van der Waals surface area contributed by atoms with Crippen LogP contribution in [0.25, 0.3) is 0 Å². The lowest BCUT2D eigenvalue weighted by Crippen LogP contribution is -2.36. The minimum absolute atomic E-state index is 0.0401. The number of hydrogen-bond acceptors (Lipinski definition) is 5. The first-order valence-corrected chi connectivity index (χ1v) is 6.09. The van der Waals surface area contributed by atoms with Crippen LogP contribution in [0.3, 0.4) is 0 Å². The van der Waals surface area contributed by atoms with E-state index in [9.17, 15) is 14.7 Å². The third kappa shape index (κ3) is 2.37. The monoisotopic (exact) mass is 252 g/mol. The van der Waals surface area contributed by atoms with Crippen molar-refractivity contribution >= 4 is 17.7 Å². The number of aliphatic hydroxyl groups excluding tert-OH is 1. The quantitative estimate of drug-likeness (QED) is 0.735. The zero-order valence-electron chi connectivity index (χ0n) is 10.3. The van der Waals surface area contributed by atoms with Gasteiger partial charge in [-0.3, -0.25) is 4.79 Å². The zero-order chi connectivity index (χ0) is 13.1. The van der Waals surface area contributed by atoms with Gasteiger partial charge in [-0.1, -0.05) is 0 Å². The van der Waals surface area contributed by atoms with Crippen LogP contribution in [0.4, 0.5) is 0 Å². The maximum Gasteiger partial charge on any atom is 0.345 e. The number of carbonyl (C=O) groups is 2. The fourth-order valence-corrected chi connectivity index (χ4v) is 2.14. The molecule has 0 aliphatic carbocycles. The van der Waals surface area contributed by atoms with Crippen LogP contribution in [-0.4, -0.2) is 47.4 Å². The van der Waals surface area contributed by atoms with E-state index in [1.807, 2.05) is 4.90 Å². The maximum atomic E-state index is 11.8. The van der Waals surface area contributed by atoms with Crippen LogP contribution in [0.2, 0.25) is 0 Å². The first kappa shape index (κ1) is 12.6. The van der Waals surface area contributed by atoms with E-state index in [2.05, 4.69) is 4.99 Å². The van der Waals surface area contributed by atoms with Gasteiger partial charge in [0.15, 0.2) is 5.84 Å². The summed E-state index contributed by atoms with van der Waals surface area (Å²) in [6.45, 7) is 3.39. The molecular formula is C12H16N2O4. The Hall–Kier alpha value is -1.85. The van der Waals surface area contributed by atoms with E-state index in [0.29, 0.717) is 0 Å². The normalized spacial score (nSPS) is 20.2. The number of dihydropyridines is 1. The maximum absolute atomic E-state index is 11.8. The van der Waals surface area contributed by atoms with Gasteiger partial charge in [-0.15, -0.1) is 0 Å². The first-order chi connectivity index (χ1) is 8.63. The van der Waals surface area contributed by atoms with Crippen molar-refractivity contribution in [2.24, 2.45) is 4.99 Å². The average Bonchev–Trinajstić information content (AvgIpc) is 2.81. The first-order valence-electron chi connectivity index (χ1n) is 6.09. The molecule has 6 heteroatoms. The van der Waals surface area contributed by atoms with Gasteiger partial charge in [0.2, 0.25) is 0 Å². The van der Waals surface area contributed by atoms with Crippen LogP contribution in [0.15, 0.2) is 16.3 Å². The molecule has 0 bridgehead atoms. The number of amides is 1. The zero-order valence-corrected chi connectivity index (χ0v) is 10.3. The lowest BCUT2D eigenvalue weighted by Gasteiger charge is -2.24. The molecule has 0 spiro atoms. The van der Waals surface area contributed by atoms with Gasteiger partial charge in [0.1, 0.15) is 11.3 Å². The molecule has 0 atom stereocenters. The number of ether oxygens (including phenoxy) is 1. The third-order valence-corrected chi connectivity index (χ3v) is 2.95. The van der Waals surface area contributed by atoms with E-state index >= 15 is 0 Å². The van der Waals surface area contributed by atoms with Crippen LogP contribution in [0.1, 0.15) is 26.2 Å². The van der Waals surface area contributed by atoms with Gasteiger partial charge < -0.3 is 14.7 Å². The number of nitrogens with zero attached hydrogens (tertiary/aromatic N) is 2. The number of aliphatic imine (C=N–C) groups is 1. The van der Waals surface area contributed by atoms with Crippen molar-refractivity contribution in [1.29, 1.82) is 0 Å². The Morgan fingerprint density at radius 2 is 2.11 bits per heavy atom. The molecule has 0 radical (unpaired) electrons. The summed E-state index contributed by atoms with van der Waals surface area (Å²) in [7, 11) is 0. The van der Waals surface area contributed by atoms with E-state index in [4.69, 9.17) is 4.74 Å². The Bertz CT molecular complexity index is 433. The number of hydrogen-bond donors (Lipinski definition) is 1. The number of esters is 1. The molecule has 1 saturated heterocycles. The topological polar surface area (TPSA) is 79.2 Å². The lowest BCUT2D eigenvalue weighted by atomic mass is 10.1. The molecule has 1 fully saturated rings. The molecule has 0 unspecified atom stereocenters. The average molecular weight is 252 g/mol. The Balaban J connectivity index is 2.32. The minimum atomic E-state index is -0.617. The summed E-state index contributed by atoms with van der Waals surface area (Å²) in [6, 6.07) is 0. The Kier molecular flexibility index (Phi) is 3.64. The molecule has 0 aromatic heterocycles. The largest absolute Gasteiger partial charge is 0.511 e. The van der Waals surface area contributed by atoms with Crippen molar-refractivity contribution in [2.75, 3.05) is 19.7 Å². The number of carbonyl (C=O) groups excluding carboxylic acids is 2. The van der Waals surface area contributed by atoms with Crippen LogP contribution in [0, 0.1) is 0 Å². The van der Waals surface area contributed by atoms with Gasteiger partial charge in [-0.05, 0) is 19.8 Å². The van der Waals surface area contributed by atoms with Gasteiger partial charge in [0, 0.05) is 13.1 Å². The van der Waals surface area contributed by atoms with Crippen LogP contribution >= 0.6 is 0 Å². The van der Waals surface area contributed by atoms with Gasteiger partial charge >= 0.3 is 5.97 Å². The second-order valence-electron chi connectivity index (χ2n) is 4.24. The highest BCUT2D eigenvalue weighted by atomic mass is 16.5. The van der Waals surface area contributed by atoms with Crippen molar-refractivity contribution < 1.29 is 19.4 Å². The highest BCUT2D eigenvalue weighted by molar-refractivity contribution is 6.23. The van der Waals surface area contributed by atoms with Crippen LogP contribution in [0.5, 0.6) is 0 Å². The smallest absolute Gasteiger partial charge is 0.345 e.